The van der Waals surface area contributed by atoms with E-state index < -0.39 is 0 Å². The smallest absolute Gasteiger partial charge is 0.244 e. The van der Waals surface area contributed by atoms with Gasteiger partial charge in [0, 0.05) is 55.1 Å². The van der Waals surface area contributed by atoms with E-state index in [1.54, 1.807) is 12.3 Å². The minimum Gasteiger partial charge on any atom is -0.348 e. The summed E-state index contributed by atoms with van der Waals surface area (Å²) in [7, 11) is 0. The summed E-state index contributed by atoms with van der Waals surface area (Å²) in [6.45, 7) is 2.84. The number of likely N-dealkylation sites (tertiary alicyclic amines) is 1. The quantitative estimate of drug-likeness (QED) is 0.698. The Labute approximate surface area is 152 Å². The molecule has 0 bridgehead atoms. The maximum absolute atomic E-state index is 12.3. The fourth-order valence-corrected chi connectivity index (χ4v) is 3.47. The van der Waals surface area contributed by atoms with Gasteiger partial charge in [0.25, 0.3) is 0 Å². The monoisotopic (exact) mass is 346 g/mol. The van der Waals surface area contributed by atoms with Gasteiger partial charge < -0.3 is 10.3 Å². The fraction of sp³-hybridized carbons (Fsp3) is 0.238. The number of carbonyl (C=O) groups excluding carboxylic acids is 1. The van der Waals surface area contributed by atoms with Crippen molar-refractivity contribution in [2.75, 3.05) is 13.1 Å². The predicted molar refractivity (Wildman–Crippen MR) is 103 cm³/mol. The van der Waals surface area contributed by atoms with Crippen LogP contribution in [0.5, 0.6) is 0 Å². The molecule has 0 spiro atoms. The highest BCUT2D eigenvalue weighted by Crippen LogP contribution is 2.17. The average Bonchev–Trinajstić information content (AvgIpc) is 3.28. The van der Waals surface area contributed by atoms with Gasteiger partial charge in [-0.25, -0.2) is 4.98 Å². The zero-order valence-electron chi connectivity index (χ0n) is 14.6. The molecule has 1 saturated heterocycles. The molecule has 1 aliphatic heterocycles. The molecule has 0 radical (unpaired) electrons. The Morgan fingerprint density at radius 2 is 2.15 bits per heavy atom. The molecule has 1 aromatic carbocycles. The second kappa shape index (κ2) is 7.54. The number of carbonyl (C=O) groups is 1. The summed E-state index contributed by atoms with van der Waals surface area (Å²) in [5.74, 6) is -0.0465. The van der Waals surface area contributed by atoms with Crippen molar-refractivity contribution in [1.82, 2.24) is 20.2 Å². The summed E-state index contributed by atoms with van der Waals surface area (Å²) < 4.78 is 0. The third-order valence-electron chi connectivity index (χ3n) is 4.77. The third-order valence-corrected chi connectivity index (χ3v) is 4.77. The van der Waals surface area contributed by atoms with Crippen LogP contribution in [0.25, 0.3) is 17.1 Å². The minimum absolute atomic E-state index is 0.0465. The summed E-state index contributed by atoms with van der Waals surface area (Å²) in [6.07, 6.45) is 8.06. The van der Waals surface area contributed by atoms with Gasteiger partial charge in [-0.3, -0.25) is 9.69 Å². The van der Waals surface area contributed by atoms with Gasteiger partial charge in [0.2, 0.25) is 5.91 Å². The van der Waals surface area contributed by atoms with E-state index in [1.807, 2.05) is 30.5 Å². The third kappa shape index (κ3) is 3.83. The molecule has 1 fully saturated rings. The molecule has 132 valence electrons. The van der Waals surface area contributed by atoms with Crippen LogP contribution in [0.4, 0.5) is 0 Å². The lowest BCUT2D eigenvalue weighted by Crippen LogP contribution is -2.35. The van der Waals surface area contributed by atoms with Crippen LogP contribution in [0, 0.1) is 0 Å². The lowest BCUT2D eigenvalue weighted by atomic mass is 10.2. The van der Waals surface area contributed by atoms with E-state index in [1.165, 1.54) is 5.56 Å². The van der Waals surface area contributed by atoms with Gasteiger partial charge in [0.1, 0.15) is 5.65 Å². The topological polar surface area (TPSA) is 61.0 Å². The highest BCUT2D eigenvalue weighted by molar-refractivity contribution is 5.95. The van der Waals surface area contributed by atoms with Crippen molar-refractivity contribution in [3.63, 3.8) is 0 Å². The minimum atomic E-state index is -0.0465. The molecule has 1 atom stereocenters. The number of hydrogen-bond acceptors (Lipinski definition) is 3. The second-order valence-corrected chi connectivity index (χ2v) is 6.69. The van der Waals surface area contributed by atoms with E-state index in [4.69, 9.17) is 0 Å². The number of aromatic nitrogens is 2. The molecule has 3 aromatic rings. The summed E-state index contributed by atoms with van der Waals surface area (Å²) in [5.41, 5.74) is 3.12. The highest BCUT2D eigenvalue weighted by Gasteiger charge is 2.23. The molecular formula is C21H22N4O. The van der Waals surface area contributed by atoms with Crippen LogP contribution in [0.2, 0.25) is 0 Å². The van der Waals surface area contributed by atoms with Gasteiger partial charge >= 0.3 is 0 Å². The summed E-state index contributed by atoms with van der Waals surface area (Å²) in [6, 6.07) is 14.6. The van der Waals surface area contributed by atoms with Crippen molar-refractivity contribution in [2.45, 2.75) is 19.0 Å². The van der Waals surface area contributed by atoms with Crippen molar-refractivity contribution >= 4 is 23.0 Å². The number of rotatable bonds is 5. The van der Waals surface area contributed by atoms with Gasteiger partial charge in [-0.2, -0.15) is 0 Å². The molecule has 1 unspecified atom stereocenters. The van der Waals surface area contributed by atoms with Gasteiger partial charge in [0.05, 0.1) is 0 Å². The Bertz CT molecular complexity index is 916. The van der Waals surface area contributed by atoms with Crippen LogP contribution >= 0.6 is 0 Å². The number of nitrogens with zero attached hydrogens (tertiary/aromatic N) is 2. The molecular weight excluding hydrogens is 324 g/mol. The maximum atomic E-state index is 12.3. The van der Waals surface area contributed by atoms with E-state index >= 15 is 0 Å². The predicted octanol–water partition coefficient (Wildman–Crippen LogP) is 2.97. The first kappa shape index (κ1) is 16.5. The molecule has 2 N–H and O–H groups in total. The Balaban J connectivity index is 1.31. The molecule has 3 heterocycles. The Hall–Kier alpha value is -2.92. The van der Waals surface area contributed by atoms with Gasteiger partial charge in [-0.1, -0.05) is 30.3 Å². The molecule has 1 amide bonds. The van der Waals surface area contributed by atoms with Crippen molar-refractivity contribution < 1.29 is 4.79 Å². The van der Waals surface area contributed by atoms with Gasteiger partial charge in [0.15, 0.2) is 0 Å². The van der Waals surface area contributed by atoms with E-state index in [0.717, 1.165) is 42.7 Å². The van der Waals surface area contributed by atoms with E-state index in [9.17, 15) is 4.79 Å². The fourth-order valence-electron chi connectivity index (χ4n) is 3.47. The maximum Gasteiger partial charge on any atom is 0.244 e. The molecule has 2 aromatic heterocycles. The largest absolute Gasteiger partial charge is 0.348 e. The van der Waals surface area contributed by atoms with Crippen LogP contribution in [-0.2, 0) is 11.3 Å². The van der Waals surface area contributed by atoms with Crippen molar-refractivity contribution in [3.8, 4) is 0 Å². The van der Waals surface area contributed by atoms with Gasteiger partial charge in [-0.15, -0.1) is 0 Å². The molecule has 4 rings (SSSR count). The first-order valence-electron chi connectivity index (χ1n) is 8.95. The van der Waals surface area contributed by atoms with Crippen LogP contribution < -0.4 is 5.32 Å². The number of benzene rings is 1. The average molecular weight is 346 g/mol. The molecule has 26 heavy (non-hydrogen) atoms. The molecule has 0 saturated carbocycles. The zero-order valence-corrected chi connectivity index (χ0v) is 14.6. The number of nitrogens with one attached hydrogen (secondary N) is 2. The first-order valence-corrected chi connectivity index (χ1v) is 8.95. The van der Waals surface area contributed by atoms with Crippen LogP contribution in [-0.4, -0.2) is 39.9 Å². The molecule has 1 aliphatic rings. The molecule has 5 nitrogen and oxygen atoms in total. The normalized spacial score (nSPS) is 17.9. The summed E-state index contributed by atoms with van der Waals surface area (Å²) >= 11 is 0. The summed E-state index contributed by atoms with van der Waals surface area (Å²) in [5, 5.41) is 4.13. The van der Waals surface area contributed by atoms with Crippen molar-refractivity contribution in [3.05, 3.63) is 72.1 Å². The lowest BCUT2D eigenvalue weighted by molar-refractivity contribution is -0.117. The second-order valence-electron chi connectivity index (χ2n) is 6.69. The van der Waals surface area contributed by atoms with Crippen LogP contribution in [0.3, 0.4) is 0 Å². The Morgan fingerprint density at radius 1 is 1.27 bits per heavy atom. The van der Waals surface area contributed by atoms with Crippen LogP contribution in [0.15, 0.2) is 60.9 Å². The van der Waals surface area contributed by atoms with Crippen LogP contribution in [0.1, 0.15) is 17.5 Å². The zero-order chi connectivity index (χ0) is 17.8. The van der Waals surface area contributed by atoms with Crippen molar-refractivity contribution in [1.29, 1.82) is 0 Å². The highest BCUT2D eigenvalue weighted by atomic mass is 16.1. The van der Waals surface area contributed by atoms with E-state index in [0.29, 0.717) is 0 Å². The molecule has 0 aliphatic carbocycles. The Kier molecular flexibility index (Phi) is 4.80. The van der Waals surface area contributed by atoms with Gasteiger partial charge in [-0.05, 0) is 30.2 Å². The SMILES string of the molecule is O=C(/C=C/c1c[nH]c2ncccc12)NC1CCN(Cc2ccccc2)C1. The van der Waals surface area contributed by atoms with Crippen molar-refractivity contribution in [2.24, 2.45) is 0 Å². The Morgan fingerprint density at radius 3 is 3.04 bits per heavy atom. The number of aromatic amines is 1. The first-order chi connectivity index (χ1) is 12.8. The number of H-pyrrole nitrogens is 1. The number of pyridine rings is 1. The molecule has 5 heteroatoms. The number of amides is 1. The number of hydrogen-bond donors (Lipinski definition) is 2. The number of fused-ring (bicyclic) bond motifs is 1. The standard InChI is InChI=1S/C21H22N4O/c26-20(9-8-17-13-23-21-19(17)7-4-11-22-21)24-18-10-12-25(15-18)14-16-5-2-1-3-6-16/h1-9,11,13,18H,10,12,14-15H2,(H,22,23)(H,24,26)/b9-8+. The van der Waals surface area contributed by atoms with E-state index in [2.05, 4.69) is 44.5 Å². The lowest BCUT2D eigenvalue weighted by Gasteiger charge is -2.16. The summed E-state index contributed by atoms with van der Waals surface area (Å²) in [4.78, 5) is 22.0. The van der Waals surface area contributed by atoms with E-state index in [-0.39, 0.29) is 11.9 Å².